The van der Waals surface area contributed by atoms with Crippen LogP contribution < -0.4 is 5.32 Å². The number of benzene rings is 1. The molecule has 0 saturated carbocycles. The Morgan fingerprint density at radius 1 is 1.26 bits per heavy atom. The van der Waals surface area contributed by atoms with E-state index in [1.807, 2.05) is 0 Å². The Bertz CT molecular complexity index is 889. The van der Waals surface area contributed by atoms with Crippen LogP contribution in [0, 0.1) is 19.7 Å². The summed E-state index contributed by atoms with van der Waals surface area (Å²) < 4.78 is 13.2. The minimum absolute atomic E-state index is 0.0400. The summed E-state index contributed by atoms with van der Waals surface area (Å²) in [4.78, 5) is 41.3. The van der Waals surface area contributed by atoms with Gasteiger partial charge in [-0.2, -0.15) is 0 Å². The smallest absolute Gasteiger partial charge is 0.238 e. The molecule has 0 saturated heterocycles. The van der Waals surface area contributed by atoms with E-state index in [-0.39, 0.29) is 24.0 Å². The summed E-state index contributed by atoms with van der Waals surface area (Å²) >= 11 is 0. The summed E-state index contributed by atoms with van der Waals surface area (Å²) in [7, 11) is 1.66. The van der Waals surface area contributed by atoms with Crippen molar-refractivity contribution >= 4 is 23.2 Å². The van der Waals surface area contributed by atoms with Crippen LogP contribution in [0.5, 0.6) is 0 Å². The van der Waals surface area contributed by atoms with Gasteiger partial charge in [0.2, 0.25) is 5.91 Å². The Kier molecular flexibility index (Phi) is 6.28. The highest BCUT2D eigenvalue weighted by Gasteiger charge is 2.26. The monoisotopic (exact) mass is 373 g/mol. The molecule has 6 nitrogen and oxygen atoms in total. The van der Waals surface area contributed by atoms with E-state index in [2.05, 4.69) is 10.3 Å². The second-order valence-electron chi connectivity index (χ2n) is 6.70. The Morgan fingerprint density at radius 3 is 2.48 bits per heavy atom. The van der Waals surface area contributed by atoms with Crippen LogP contribution in [0.15, 0.2) is 24.3 Å². The Hall–Kier alpha value is -2.80. The van der Waals surface area contributed by atoms with Crippen LogP contribution in [0.25, 0.3) is 0 Å². The molecule has 2 N–H and O–H groups in total. The maximum atomic E-state index is 13.2. The summed E-state index contributed by atoms with van der Waals surface area (Å²) in [5.41, 5.74) is 2.53. The van der Waals surface area contributed by atoms with E-state index in [4.69, 9.17) is 0 Å². The number of aromatic amines is 1. The number of hydrogen-bond donors (Lipinski definition) is 2. The van der Waals surface area contributed by atoms with Crippen molar-refractivity contribution in [2.75, 3.05) is 18.9 Å². The number of nitrogens with one attached hydrogen (secondary N) is 2. The van der Waals surface area contributed by atoms with Gasteiger partial charge in [0.1, 0.15) is 5.82 Å². The van der Waals surface area contributed by atoms with Gasteiger partial charge in [-0.05, 0) is 58.5 Å². The zero-order valence-electron chi connectivity index (χ0n) is 16.1. The molecule has 1 aromatic heterocycles. The molecule has 27 heavy (non-hydrogen) atoms. The lowest BCUT2D eigenvalue weighted by Gasteiger charge is -2.23. The van der Waals surface area contributed by atoms with Gasteiger partial charge in [-0.15, -0.1) is 0 Å². The molecule has 1 heterocycles. The molecule has 0 fully saturated rings. The van der Waals surface area contributed by atoms with Crippen molar-refractivity contribution in [1.82, 2.24) is 9.88 Å². The molecule has 0 aliphatic heterocycles. The zero-order valence-corrected chi connectivity index (χ0v) is 16.1. The first kappa shape index (κ1) is 20.5. The standard InChI is InChI=1S/C20H24FN3O3/c1-11-18(14(4)25)12(2)22-19(11)20(27)13(3)24(5)10-17(26)23-16-8-6-7-15(21)9-16/h6-9,13,22H,10H2,1-5H3,(H,23,26)/t13-/m1/s1. The highest BCUT2D eigenvalue weighted by Crippen LogP contribution is 2.20. The molecule has 1 atom stereocenters. The van der Waals surface area contributed by atoms with Gasteiger partial charge in [-0.3, -0.25) is 19.3 Å². The number of halogens is 1. The summed E-state index contributed by atoms with van der Waals surface area (Å²) in [5.74, 6) is -1.10. The number of amides is 1. The van der Waals surface area contributed by atoms with E-state index in [0.29, 0.717) is 28.2 Å². The number of H-pyrrole nitrogens is 1. The van der Waals surface area contributed by atoms with Gasteiger partial charge in [-0.25, -0.2) is 4.39 Å². The molecule has 1 aromatic carbocycles. The second-order valence-corrected chi connectivity index (χ2v) is 6.70. The lowest BCUT2D eigenvalue weighted by Crippen LogP contribution is -2.41. The normalized spacial score (nSPS) is 12.1. The van der Waals surface area contributed by atoms with Gasteiger partial charge in [-0.1, -0.05) is 6.07 Å². The van der Waals surface area contributed by atoms with Crippen LogP contribution in [0.4, 0.5) is 10.1 Å². The predicted octanol–water partition coefficient (Wildman–Crippen LogP) is 3.11. The van der Waals surface area contributed by atoms with Gasteiger partial charge < -0.3 is 10.3 Å². The number of hydrogen-bond acceptors (Lipinski definition) is 4. The first-order valence-electron chi connectivity index (χ1n) is 8.61. The summed E-state index contributed by atoms with van der Waals surface area (Å²) in [6.45, 7) is 6.60. The Balaban J connectivity index is 2.07. The second kappa shape index (κ2) is 8.26. The van der Waals surface area contributed by atoms with Crippen molar-refractivity contribution in [3.05, 3.63) is 52.6 Å². The molecule has 0 unspecified atom stereocenters. The average molecular weight is 373 g/mol. The Labute approximate surface area is 157 Å². The van der Waals surface area contributed by atoms with E-state index < -0.39 is 11.9 Å². The zero-order chi connectivity index (χ0) is 20.3. The maximum Gasteiger partial charge on any atom is 0.238 e. The third kappa shape index (κ3) is 4.68. The molecule has 7 heteroatoms. The van der Waals surface area contributed by atoms with Gasteiger partial charge >= 0.3 is 0 Å². The number of likely N-dealkylation sites (N-methyl/N-ethyl adjacent to an activating group) is 1. The Morgan fingerprint density at radius 2 is 1.93 bits per heavy atom. The highest BCUT2D eigenvalue weighted by molar-refractivity contribution is 6.05. The minimum atomic E-state index is -0.584. The number of carbonyl (C=O) groups is 3. The number of ketones is 2. The van der Waals surface area contributed by atoms with Crippen LogP contribution in [0.1, 0.15) is 46.0 Å². The number of aromatic nitrogens is 1. The van der Waals surface area contributed by atoms with Gasteiger partial charge in [0.25, 0.3) is 0 Å². The molecule has 0 spiro atoms. The van der Waals surface area contributed by atoms with Gasteiger partial charge in [0, 0.05) is 16.9 Å². The molecule has 0 bridgehead atoms. The lowest BCUT2D eigenvalue weighted by atomic mass is 10.0. The third-order valence-corrected chi connectivity index (χ3v) is 4.58. The molecule has 1 amide bonds. The van der Waals surface area contributed by atoms with Crippen molar-refractivity contribution in [3.8, 4) is 0 Å². The number of carbonyl (C=O) groups excluding carboxylic acids is 3. The van der Waals surface area contributed by atoms with Gasteiger partial charge in [0.15, 0.2) is 11.6 Å². The number of rotatable bonds is 7. The molecule has 0 aliphatic carbocycles. The number of aryl methyl sites for hydroxylation is 1. The summed E-state index contributed by atoms with van der Waals surface area (Å²) in [6.07, 6.45) is 0. The van der Waals surface area contributed by atoms with E-state index >= 15 is 0 Å². The topological polar surface area (TPSA) is 82.3 Å². The first-order valence-corrected chi connectivity index (χ1v) is 8.61. The largest absolute Gasteiger partial charge is 0.355 e. The first-order chi connectivity index (χ1) is 12.6. The maximum absolute atomic E-state index is 13.2. The molecule has 0 radical (unpaired) electrons. The third-order valence-electron chi connectivity index (χ3n) is 4.58. The van der Waals surface area contributed by atoms with E-state index in [9.17, 15) is 18.8 Å². The van der Waals surface area contributed by atoms with Crippen LogP contribution in [-0.4, -0.2) is 47.0 Å². The van der Waals surface area contributed by atoms with E-state index in [1.54, 1.807) is 38.8 Å². The quantitative estimate of drug-likeness (QED) is 0.731. The highest BCUT2D eigenvalue weighted by atomic mass is 19.1. The van der Waals surface area contributed by atoms with Gasteiger partial charge in [0.05, 0.1) is 18.3 Å². The fraction of sp³-hybridized carbons (Fsp3) is 0.350. The molecular formula is C20H24FN3O3. The van der Waals surface area contributed by atoms with Crippen molar-refractivity contribution in [2.24, 2.45) is 0 Å². The van der Waals surface area contributed by atoms with Crippen molar-refractivity contribution in [2.45, 2.75) is 33.7 Å². The van der Waals surface area contributed by atoms with Crippen LogP contribution in [0.3, 0.4) is 0 Å². The van der Waals surface area contributed by atoms with Crippen LogP contribution in [-0.2, 0) is 4.79 Å². The van der Waals surface area contributed by atoms with Crippen LogP contribution in [0.2, 0.25) is 0 Å². The lowest BCUT2D eigenvalue weighted by molar-refractivity contribution is -0.117. The van der Waals surface area contributed by atoms with E-state index in [0.717, 1.165) is 0 Å². The van der Waals surface area contributed by atoms with Crippen molar-refractivity contribution in [3.63, 3.8) is 0 Å². The summed E-state index contributed by atoms with van der Waals surface area (Å²) in [5, 5.41) is 2.60. The molecule has 144 valence electrons. The molecule has 2 rings (SSSR count). The summed E-state index contributed by atoms with van der Waals surface area (Å²) in [6, 6.07) is 5.02. The minimum Gasteiger partial charge on any atom is -0.355 e. The molecule has 2 aromatic rings. The average Bonchev–Trinajstić information content (AvgIpc) is 2.87. The van der Waals surface area contributed by atoms with Crippen LogP contribution >= 0.6 is 0 Å². The number of anilines is 1. The molecule has 0 aliphatic rings. The predicted molar refractivity (Wildman–Crippen MR) is 102 cm³/mol. The van der Waals surface area contributed by atoms with Crippen molar-refractivity contribution in [1.29, 1.82) is 0 Å². The molecular weight excluding hydrogens is 349 g/mol. The van der Waals surface area contributed by atoms with E-state index in [1.165, 1.54) is 25.1 Å². The SMILES string of the molecule is CC(=O)c1c(C)[nH]c(C(=O)[C@@H](C)N(C)CC(=O)Nc2cccc(F)c2)c1C. The fourth-order valence-corrected chi connectivity index (χ4v) is 3.06. The fourth-order valence-electron chi connectivity index (χ4n) is 3.06. The van der Waals surface area contributed by atoms with Crippen molar-refractivity contribution < 1.29 is 18.8 Å². The number of nitrogens with zero attached hydrogens (tertiary/aromatic N) is 1. The number of Topliss-reactive ketones (excluding diaryl/α,β-unsaturated/α-hetero) is 2.